The van der Waals surface area contributed by atoms with Crippen LogP contribution in [-0.4, -0.2) is 63.7 Å². The molecule has 0 aromatic rings. The van der Waals surface area contributed by atoms with Gasteiger partial charge in [-0.15, -0.1) is 0 Å². The first-order chi connectivity index (χ1) is 8.68. The van der Waals surface area contributed by atoms with Crippen LogP contribution in [0.1, 0.15) is 40.0 Å². The summed E-state index contributed by atoms with van der Waals surface area (Å²) < 4.78 is 19.4. The lowest BCUT2D eigenvalue weighted by molar-refractivity contribution is -0.256. The van der Waals surface area contributed by atoms with Crippen molar-refractivity contribution in [2.45, 2.75) is 63.8 Å². The van der Waals surface area contributed by atoms with E-state index in [0.717, 1.165) is 0 Å². The number of rotatable bonds is 5. The monoisotopic (exact) mass is 279 g/mol. The molecule has 0 spiro atoms. The topological polar surface area (TPSA) is 73.2 Å². The van der Waals surface area contributed by atoms with E-state index in [2.05, 4.69) is 0 Å². The van der Waals surface area contributed by atoms with E-state index in [4.69, 9.17) is 9.84 Å². The second-order valence-electron chi connectivity index (χ2n) is 6.20. The molecule has 0 amide bonds. The number of hydrogen-bond acceptors (Lipinski definition) is 5. The molecule has 0 aromatic carbocycles. The molecule has 1 aliphatic heterocycles. The van der Waals surface area contributed by atoms with Crippen LogP contribution < -0.4 is 0 Å². The molecule has 0 aromatic heterocycles. The van der Waals surface area contributed by atoms with Gasteiger partial charge in [0.1, 0.15) is 6.17 Å². The zero-order valence-electron chi connectivity index (χ0n) is 12.0. The lowest BCUT2D eigenvalue weighted by Crippen LogP contribution is -2.57. The molecule has 0 bridgehead atoms. The number of ether oxygens (including phenoxy) is 1. The van der Waals surface area contributed by atoms with E-state index in [9.17, 15) is 14.6 Å². The Hall–Kier alpha value is -0.270. The van der Waals surface area contributed by atoms with Crippen LogP contribution >= 0.6 is 0 Å². The molecule has 1 aliphatic rings. The third kappa shape index (κ3) is 4.96. The van der Waals surface area contributed by atoms with Crippen LogP contribution in [0, 0.1) is 0 Å². The van der Waals surface area contributed by atoms with Crippen LogP contribution in [0.4, 0.5) is 4.39 Å². The van der Waals surface area contributed by atoms with Crippen molar-refractivity contribution >= 4 is 0 Å². The van der Waals surface area contributed by atoms with Gasteiger partial charge in [-0.3, -0.25) is 4.90 Å². The molecule has 1 saturated heterocycles. The summed E-state index contributed by atoms with van der Waals surface area (Å²) in [6, 6.07) is 0. The Bertz CT molecular complexity index is 284. The second kappa shape index (κ2) is 6.45. The number of likely N-dealkylation sites (tertiary alicyclic amines) is 1. The van der Waals surface area contributed by atoms with Gasteiger partial charge in [0.05, 0.1) is 11.2 Å². The average molecular weight is 279 g/mol. The lowest BCUT2D eigenvalue weighted by atomic mass is 9.85. The maximum absolute atomic E-state index is 14.1. The van der Waals surface area contributed by atoms with Crippen molar-refractivity contribution in [1.29, 1.82) is 0 Å². The zero-order valence-corrected chi connectivity index (χ0v) is 12.0. The zero-order chi connectivity index (χ0) is 14.7. The van der Waals surface area contributed by atoms with Crippen molar-refractivity contribution in [3.8, 4) is 0 Å². The fourth-order valence-electron chi connectivity index (χ4n) is 2.22. The fraction of sp³-hybridized carbons (Fsp3) is 1.00. The third-order valence-corrected chi connectivity index (χ3v) is 3.35. The predicted octanol–water partition coefficient (Wildman–Crippen LogP) is 0.625. The first kappa shape index (κ1) is 16.8. The fourth-order valence-corrected chi connectivity index (χ4v) is 2.22. The van der Waals surface area contributed by atoms with E-state index in [0.29, 0.717) is 13.0 Å². The first-order valence-electron chi connectivity index (χ1n) is 6.75. The van der Waals surface area contributed by atoms with Gasteiger partial charge in [-0.05, 0) is 40.0 Å². The van der Waals surface area contributed by atoms with E-state index in [1.807, 2.05) is 20.8 Å². The van der Waals surface area contributed by atoms with Crippen LogP contribution in [-0.2, 0) is 4.74 Å². The van der Waals surface area contributed by atoms with Crippen LogP contribution in [0.15, 0.2) is 0 Å². The summed E-state index contributed by atoms with van der Waals surface area (Å²) in [6.07, 6.45) is -1.79. The Morgan fingerprint density at radius 3 is 2.58 bits per heavy atom. The molecule has 3 atom stereocenters. The number of alkyl halides is 1. The highest BCUT2D eigenvalue weighted by molar-refractivity contribution is 4.93. The van der Waals surface area contributed by atoms with Crippen LogP contribution in [0.25, 0.3) is 0 Å². The standard InChI is InChI=1S/C13H26FNO4/c1-12(2,3)19-11(17)15-7-6-13(18,5-4-8-16)10(14)9-15/h10-11,16-18H,4-9H2,1-3H3. The van der Waals surface area contributed by atoms with Gasteiger partial charge in [-0.2, -0.15) is 0 Å². The van der Waals surface area contributed by atoms with E-state index in [1.54, 1.807) is 0 Å². The first-order valence-corrected chi connectivity index (χ1v) is 6.75. The van der Waals surface area contributed by atoms with Crippen molar-refractivity contribution in [3.63, 3.8) is 0 Å². The van der Waals surface area contributed by atoms with Crippen molar-refractivity contribution in [2.75, 3.05) is 19.7 Å². The van der Waals surface area contributed by atoms with Crippen molar-refractivity contribution in [1.82, 2.24) is 4.90 Å². The summed E-state index contributed by atoms with van der Waals surface area (Å²) in [5.74, 6) is 0. The smallest absolute Gasteiger partial charge is 0.216 e. The Kier molecular flexibility index (Phi) is 5.70. The second-order valence-corrected chi connectivity index (χ2v) is 6.20. The van der Waals surface area contributed by atoms with E-state index in [1.165, 1.54) is 4.90 Å². The van der Waals surface area contributed by atoms with Crippen LogP contribution in [0.3, 0.4) is 0 Å². The predicted molar refractivity (Wildman–Crippen MR) is 69.2 cm³/mol. The van der Waals surface area contributed by atoms with Crippen LogP contribution in [0.2, 0.25) is 0 Å². The number of hydrogen-bond donors (Lipinski definition) is 3. The van der Waals surface area contributed by atoms with E-state index < -0.39 is 23.8 Å². The van der Waals surface area contributed by atoms with Gasteiger partial charge in [0, 0.05) is 19.7 Å². The van der Waals surface area contributed by atoms with Crippen molar-refractivity contribution < 1.29 is 24.4 Å². The molecule has 5 nitrogen and oxygen atoms in total. The van der Waals surface area contributed by atoms with Gasteiger partial charge in [0.2, 0.25) is 6.41 Å². The Morgan fingerprint density at radius 1 is 1.47 bits per heavy atom. The maximum atomic E-state index is 14.1. The van der Waals surface area contributed by atoms with E-state index >= 15 is 0 Å². The molecule has 6 heteroatoms. The highest BCUT2D eigenvalue weighted by Gasteiger charge is 2.43. The molecule has 114 valence electrons. The molecular formula is C13H26FNO4. The molecule has 3 N–H and O–H groups in total. The van der Waals surface area contributed by atoms with Crippen molar-refractivity contribution in [2.24, 2.45) is 0 Å². The molecular weight excluding hydrogens is 253 g/mol. The van der Waals surface area contributed by atoms with E-state index in [-0.39, 0.29) is 26.0 Å². The van der Waals surface area contributed by atoms with Gasteiger partial charge >= 0.3 is 0 Å². The van der Waals surface area contributed by atoms with Gasteiger partial charge in [-0.25, -0.2) is 4.39 Å². The minimum absolute atomic E-state index is 0.0610. The highest BCUT2D eigenvalue weighted by atomic mass is 19.1. The van der Waals surface area contributed by atoms with Crippen LogP contribution in [0.5, 0.6) is 0 Å². The highest BCUT2D eigenvalue weighted by Crippen LogP contribution is 2.30. The largest absolute Gasteiger partial charge is 0.396 e. The summed E-state index contributed by atoms with van der Waals surface area (Å²) in [5.41, 5.74) is -1.92. The lowest BCUT2D eigenvalue weighted by Gasteiger charge is -2.43. The summed E-state index contributed by atoms with van der Waals surface area (Å²) in [5, 5.41) is 28.8. The normalized spacial score (nSPS) is 31.4. The molecule has 0 radical (unpaired) electrons. The number of aliphatic hydroxyl groups excluding tert-OH is 2. The molecule has 0 aliphatic carbocycles. The minimum Gasteiger partial charge on any atom is -0.396 e. The SMILES string of the molecule is CC(C)(C)OC(O)N1CCC(O)(CCCO)C(F)C1. The third-order valence-electron chi connectivity index (χ3n) is 3.35. The molecule has 1 rings (SSSR count). The number of nitrogens with zero attached hydrogens (tertiary/aromatic N) is 1. The quantitative estimate of drug-likeness (QED) is 0.644. The molecule has 0 saturated carbocycles. The van der Waals surface area contributed by atoms with Gasteiger partial charge in [-0.1, -0.05) is 0 Å². The van der Waals surface area contributed by atoms with Crippen molar-refractivity contribution in [3.05, 3.63) is 0 Å². The summed E-state index contributed by atoms with van der Waals surface area (Å²) >= 11 is 0. The minimum atomic E-state index is -1.45. The summed E-state index contributed by atoms with van der Waals surface area (Å²) in [7, 11) is 0. The molecule has 3 unspecified atom stereocenters. The van der Waals surface area contributed by atoms with Gasteiger partial charge in [0.15, 0.2) is 0 Å². The average Bonchev–Trinajstić information content (AvgIpc) is 2.28. The number of aliphatic hydroxyl groups is 3. The summed E-state index contributed by atoms with van der Waals surface area (Å²) in [4.78, 5) is 1.48. The number of piperidine rings is 1. The number of halogens is 1. The molecule has 1 heterocycles. The van der Waals surface area contributed by atoms with Gasteiger partial charge < -0.3 is 20.1 Å². The Labute approximate surface area is 114 Å². The maximum Gasteiger partial charge on any atom is 0.216 e. The Morgan fingerprint density at radius 2 is 2.11 bits per heavy atom. The van der Waals surface area contributed by atoms with Gasteiger partial charge in [0.25, 0.3) is 0 Å². The molecule has 19 heavy (non-hydrogen) atoms. The Balaban J connectivity index is 2.53. The summed E-state index contributed by atoms with van der Waals surface area (Å²) in [6.45, 7) is 5.66. The molecule has 1 fully saturated rings.